The highest BCUT2D eigenvalue weighted by atomic mass is 16.6. The Morgan fingerprint density at radius 3 is 2.05 bits per heavy atom. The molecular formula is C17H32N2O3. The Morgan fingerprint density at radius 1 is 1.18 bits per heavy atom. The third kappa shape index (κ3) is 4.14. The predicted molar refractivity (Wildman–Crippen MR) is 87.3 cm³/mol. The SMILES string of the molecule is CC(C)CC1C(=O)N(C)C(C(C)(C)C)N1C(=O)OC(C)(C)C. The van der Waals surface area contributed by atoms with Crippen LogP contribution in [-0.4, -0.2) is 46.7 Å². The summed E-state index contributed by atoms with van der Waals surface area (Å²) in [5.74, 6) is 0.325. The smallest absolute Gasteiger partial charge is 0.412 e. The van der Waals surface area contributed by atoms with E-state index in [0.29, 0.717) is 12.3 Å². The van der Waals surface area contributed by atoms with Crippen LogP contribution in [0.4, 0.5) is 4.79 Å². The maximum Gasteiger partial charge on any atom is 0.412 e. The van der Waals surface area contributed by atoms with E-state index >= 15 is 0 Å². The van der Waals surface area contributed by atoms with Crippen molar-refractivity contribution in [1.29, 1.82) is 0 Å². The average Bonchev–Trinajstić information content (AvgIpc) is 2.50. The first kappa shape index (κ1) is 18.8. The molecule has 0 bridgehead atoms. The maximum absolute atomic E-state index is 12.7. The first-order valence-electron chi connectivity index (χ1n) is 8.03. The quantitative estimate of drug-likeness (QED) is 0.784. The van der Waals surface area contributed by atoms with Crippen LogP contribution in [0.15, 0.2) is 0 Å². The van der Waals surface area contributed by atoms with Gasteiger partial charge in [-0.3, -0.25) is 9.69 Å². The molecule has 1 saturated heterocycles. The largest absolute Gasteiger partial charge is 0.444 e. The summed E-state index contributed by atoms with van der Waals surface area (Å²) < 4.78 is 5.56. The molecule has 5 nitrogen and oxygen atoms in total. The first-order valence-corrected chi connectivity index (χ1v) is 8.03. The fourth-order valence-electron chi connectivity index (χ4n) is 3.03. The van der Waals surface area contributed by atoms with Crippen LogP contribution >= 0.6 is 0 Å². The van der Waals surface area contributed by atoms with Crippen molar-refractivity contribution in [2.24, 2.45) is 11.3 Å². The van der Waals surface area contributed by atoms with E-state index < -0.39 is 17.7 Å². The Labute approximate surface area is 135 Å². The highest BCUT2D eigenvalue weighted by Gasteiger charge is 2.52. The van der Waals surface area contributed by atoms with Gasteiger partial charge in [0.25, 0.3) is 0 Å². The van der Waals surface area contributed by atoms with Crippen LogP contribution in [0.25, 0.3) is 0 Å². The number of carbonyl (C=O) groups is 2. The van der Waals surface area contributed by atoms with Crippen molar-refractivity contribution in [3.05, 3.63) is 0 Å². The first-order chi connectivity index (χ1) is 9.75. The van der Waals surface area contributed by atoms with Crippen molar-refractivity contribution in [3.8, 4) is 0 Å². The molecule has 128 valence electrons. The Morgan fingerprint density at radius 2 is 1.68 bits per heavy atom. The molecule has 1 aliphatic rings. The minimum atomic E-state index is -0.577. The molecule has 5 heteroatoms. The fraction of sp³-hybridized carbons (Fsp3) is 0.882. The number of ether oxygens (including phenoxy) is 1. The van der Waals surface area contributed by atoms with Gasteiger partial charge < -0.3 is 9.64 Å². The van der Waals surface area contributed by atoms with Crippen LogP contribution < -0.4 is 0 Å². The Balaban J connectivity index is 3.21. The van der Waals surface area contributed by atoms with Crippen LogP contribution in [0.3, 0.4) is 0 Å². The molecule has 0 spiro atoms. The van der Waals surface area contributed by atoms with Crippen LogP contribution in [0.2, 0.25) is 0 Å². The van der Waals surface area contributed by atoms with Gasteiger partial charge in [-0.1, -0.05) is 34.6 Å². The van der Waals surface area contributed by atoms with Crippen molar-refractivity contribution in [2.75, 3.05) is 7.05 Å². The molecule has 22 heavy (non-hydrogen) atoms. The number of carbonyl (C=O) groups excluding carboxylic acids is 2. The van der Waals surface area contributed by atoms with E-state index in [0.717, 1.165) is 0 Å². The fourth-order valence-corrected chi connectivity index (χ4v) is 3.03. The van der Waals surface area contributed by atoms with Gasteiger partial charge in [0.05, 0.1) is 0 Å². The van der Waals surface area contributed by atoms with Gasteiger partial charge in [-0.25, -0.2) is 4.79 Å². The molecule has 2 unspecified atom stereocenters. The lowest BCUT2D eigenvalue weighted by atomic mass is 9.91. The Kier molecular flexibility index (Phi) is 5.20. The number of amides is 2. The van der Waals surface area contributed by atoms with Crippen LogP contribution in [0.5, 0.6) is 0 Å². The topological polar surface area (TPSA) is 49.9 Å². The summed E-state index contributed by atoms with van der Waals surface area (Å²) >= 11 is 0. The molecule has 0 aromatic heterocycles. The molecule has 0 aromatic rings. The van der Waals surface area contributed by atoms with Crippen molar-refractivity contribution < 1.29 is 14.3 Å². The van der Waals surface area contributed by atoms with Crippen LogP contribution in [0.1, 0.15) is 61.8 Å². The van der Waals surface area contributed by atoms with Crippen molar-refractivity contribution in [1.82, 2.24) is 9.80 Å². The molecule has 1 aliphatic heterocycles. The number of likely N-dealkylation sites (N-methyl/N-ethyl adjacent to an activating group) is 1. The van der Waals surface area contributed by atoms with Crippen molar-refractivity contribution in [2.45, 2.75) is 79.6 Å². The van der Waals surface area contributed by atoms with Gasteiger partial charge in [0.2, 0.25) is 5.91 Å². The molecule has 0 N–H and O–H groups in total. The molecule has 0 radical (unpaired) electrons. The lowest BCUT2D eigenvalue weighted by molar-refractivity contribution is -0.130. The third-order valence-corrected chi connectivity index (χ3v) is 3.67. The molecule has 0 aromatic carbocycles. The van der Waals surface area contributed by atoms with E-state index in [4.69, 9.17) is 4.74 Å². The van der Waals surface area contributed by atoms with Gasteiger partial charge in [0.1, 0.15) is 17.8 Å². The highest BCUT2D eigenvalue weighted by molar-refractivity contribution is 5.89. The summed E-state index contributed by atoms with van der Waals surface area (Å²) in [5, 5.41) is 0. The zero-order valence-electron chi connectivity index (χ0n) is 15.6. The zero-order valence-corrected chi connectivity index (χ0v) is 15.6. The summed E-state index contributed by atoms with van der Waals surface area (Å²) in [5.41, 5.74) is -0.820. The van der Waals surface area contributed by atoms with Gasteiger partial charge in [0, 0.05) is 12.5 Å². The normalized spacial score (nSPS) is 23.5. The van der Waals surface area contributed by atoms with Crippen LogP contribution in [0, 0.1) is 11.3 Å². The Bertz CT molecular complexity index is 432. The summed E-state index contributed by atoms with van der Waals surface area (Å²) in [6, 6.07) is -0.441. The predicted octanol–water partition coefficient (Wildman–Crippen LogP) is 3.48. The molecule has 2 amide bonds. The number of rotatable bonds is 2. The summed E-state index contributed by atoms with van der Waals surface area (Å²) in [4.78, 5) is 28.7. The van der Waals surface area contributed by atoms with Gasteiger partial charge in [0.15, 0.2) is 0 Å². The van der Waals surface area contributed by atoms with Gasteiger partial charge in [-0.2, -0.15) is 0 Å². The number of hydrogen-bond acceptors (Lipinski definition) is 3. The standard InChI is InChI=1S/C17H32N2O3/c1-11(2)10-12-13(20)18(9)14(16(3,4)5)19(12)15(21)22-17(6,7)8/h11-12,14H,10H2,1-9H3. The summed E-state index contributed by atoms with van der Waals surface area (Å²) in [6.07, 6.45) is -0.0518. The minimum absolute atomic E-state index is 0.000478. The number of hydrogen-bond donors (Lipinski definition) is 0. The van der Waals surface area contributed by atoms with Gasteiger partial charge >= 0.3 is 6.09 Å². The van der Waals surface area contributed by atoms with Gasteiger partial charge in [-0.05, 0) is 33.1 Å². The summed E-state index contributed by atoms with van der Waals surface area (Å²) in [7, 11) is 1.77. The van der Waals surface area contributed by atoms with Gasteiger partial charge in [-0.15, -0.1) is 0 Å². The van der Waals surface area contributed by atoms with Crippen molar-refractivity contribution >= 4 is 12.0 Å². The lowest BCUT2D eigenvalue weighted by Crippen LogP contribution is -2.52. The van der Waals surface area contributed by atoms with Crippen LogP contribution in [-0.2, 0) is 9.53 Å². The molecule has 1 rings (SSSR count). The monoisotopic (exact) mass is 312 g/mol. The van der Waals surface area contributed by atoms with Crippen molar-refractivity contribution in [3.63, 3.8) is 0 Å². The van der Waals surface area contributed by atoms with E-state index in [2.05, 4.69) is 13.8 Å². The van der Waals surface area contributed by atoms with E-state index in [9.17, 15) is 9.59 Å². The molecular weight excluding hydrogens is 280 g/mol. The zero-order chi connectivity index (χ0) is 17.5. The molecule has 1 heterocycles. The highest BCUT2D eigenvalue weighted by Crippen LogP contribution is 2.36. The molecule has 0 aliphatic carbocycles. The van der Waals surface area contributed by atoms with E-state index in [1.807, 2.05) is 41.5 Å². The molecule has 2 atom stereocenters. The lowest BCUT2D eigenvalue weighted by Gasteiger charge is -2.39. The second kappa shape index (κ2) is 6.09. The second-order valence-electron chi connectivity index (χ2n) is 8.72. The summed E-state index contributed by atoms with van der Waals surface area (Å²) in [6.45, 7) is 15.8. The number of nitrogens with zero attached hydrogens (tertiary/aromatic N) is 2. The van der Waals surface area contributed by atoms with E-state index in [1.165, 1.54) is 0 Å². The maximum atomic E-state index is 12.7. The van der Waals surface area contributed by atoms with E-state index in [1.54, 1.807) is 16.8 Å². The Hall–Kier alpha value is -1.26. The third-order valence-electron chi connectivity index (χ3n) is 3.67. The molecule has 0 saturated carbocycles. The average molecular weight is 312 g/mol. The molecule has 1 fully saturated rings. The van der Waals surface area contributed by atoms with E-state index in [-0.39, 0.29) is 17.5 Å². The second-order valence-corrected chi connectivity index (χ2v) is 8.72. The minimum Gasteiger partial charge on any atom is -0.444 e.